The molecule has 0 aromatic carbocycles. The van der Waals surface area contributed by atoms with Gasteiger partial charge in [-0.25, -0.2) is 4.39 Å². The van der Waals surface area contributed by atoms with Crippen LogP contribution in [-0.4, -0.2) is 20.6 Å². The lowest BCUT2D eigenvalue weighted by Gasteiger charge is -2.10. The first-order valence-electron chi connectivity index (χ1n) is 3.95. The molecule has 2 radical (unpaired) electrons. The summed E-state index contributed by atoms with van der Waals surface area (Å²) in [6, 6.07) is 0. The van der Waals surface area contributed by atoms with Gasteiger partial charge in [0.25, 0.3) is 0 Å². The molecule has 1 fully saturated rings. The van der Waals surface area contributed by atoms with Crippen molar-refractivity contribution in [3.63, 3.8) is 0 Å². The van der Waals surface area contributed by atoms with Gasteiger partial charge >= 0.3 is 0 Å². The molecule has 4 unspecified atom stereocenters. The molecule has 0 N–H and O–H groups in total. The van der Waals surface area contributed by atoms with E-state index in [1.54, 1.807) is 0 Å². The Morgan fingerprint density at radius 2 is 2.27 bits per heavy atom. The number of rotatable bonds is 3. The van der Waals surface area contributed by atoms with Gasteiger partial charge < -0.3 is 4.52 Å². The van der Waals surface area contributed by atoms with Crippen LogP contribution in [-0.2, 0) is 4.52 Å². The lowest BCUT2D eigenvalue weighted by molar-refractivity contribution is 0.222. The molecule has 0 aliphatic heterocycles. The second-order valence-corrected chi connectivity index (χ2v) is 3.50. The summed E-state index contributed by atoms with van der Waals surface area (Å²) in [5, 5.41) is 0. The van der Waals surface area contributed by atoms with Gasteiger partial charge in [-0.1, -0.05) is 12.2 Å². The summed E-state index contributed by atoms with van der Waals surface area (Å²) in [7, 11) is 7.77. The Morgan fingerprint density at radius 3 is 2.73 bits per heavy atom. The zero-order valence-electron chi connectivity index (χ0n) is 6.50. The van der Waals surface area contributed by atoms with Crippen LogP contribution >= 0.6 is 9.47 Å². The number of alkyl halides is 1. The van der Waals surface area contributed by atoms with Crippen molar-refractivity contribution in [2.24, 2.45) is 5.92 Å². The summed E-state index contributed by atoms with van der Waals surface area (Å²) in [4.78, 5) is 0. The monoisotopic (exact) mass is 174 g/mol. The Kier molecular flexibility index (Phi) is 3.81. The van der Waals surface area contributed by atoms with E-state index in [1.165, 1.54) is 0 Å². The molecular formula is C7H13BFOP. The highest BCUT2D eigenvalue weighted by Crippen LogP contribution is 2.37. The molecule has 1 saturated carbocycles. The molecule has 1 nitrogen and oxygen atoms in total. The molecule has 1 aliphatic carbocycles. The third kappa shape index (κ3) is 2.72. The van der Waals surface area contributed by atoms with Crippen molar-refractivity contribution in [2.45, 2.75) is 31.3 Å². The minimum Gasteiger partial charge on any atom is -0.366 e. The molecule has 1 rings (SSSR count). The van der Waals surface area contributed by atoms with E-state index < -0.39 is 6.17 Å². The summed E-state index contributed by atoms with van der Waals surface area (Å²) < 4.78 is 17.8. The molecule has 0 bridgehead atoms. The van der Waals surface area contributed by atoms with Crippen LogP contribution in [0.3, 0.4) is 0 Å². The lowest BCUT2D eigenvalue weighted by Crippen LogP contribution is -2.09. The van der Waals surface area contributed by atoms with E-state index in [0.29, 0.717) is 13.0 Å². The highest BCUT2D eigenvalue weighted by atomic mass is 31.0. The molecule has 0 spiro atoms. The normalized spacial score (nSPS) is 37.8. The van der Waals surface area contributed by atoms with Gasteiger partial charge in [0.15, 0.2) is 0 Å². The van der Waals surface area contributed by atoms with Gasteiger partial charge in [0, 0.05) is 9.47 Å². The molecule has 0 amide bonds. The Bertz CT molecular complexity index is 125. The maximum Gasteiger partial charge on any atom is 0.103 e. The van der Waals surface area contributed by atoms with Crippen LogP contribution in [0.4, 0.5) is 4.39 Å². The first-order valence-corrected chi connectivity index (χ1v) is 4.42. The fraction of sp³-hybridized carbons (Fsp3) is 1.00. The van der Waals surface area contributed by atoms with E-state index in [4.69, 9.17) is 12.4 Å². The second-order valence-electron chi connectivity index (χ2n) is 3.17. The number of hydrogen-bond donors (Lipinski definition) is 0. The van der Waals surface area contributed by atoms with Crippen LogP contribution in [0.1, 0.15) is 19.3 Å². The zero-order chi connectivity index (χ0) is 8.27. The topological polar surface area (TPSA) is 9.23 Å². The van der Waals surface area contributed by atoms with Gasteiger partial charge in [0.05, 0.1) is 14.5 Å². The van der Waals surface area contributed by atoms with Crippen molar-refractivity contribution in [3.8, 4) is 0 Å². The average Bonchev–Trinajstić information content (AvgIpc) is 2.26. The fourth-order valence-corrected chi connectivity index (χ4v) is 1.77. The highest BCUT2D eigenvalue weighted by Gasteiger charge is 2.30. The van der Waals surface area contributed by atoms with Crippen LogP contribution in [0.25, 0.3) is 0 Å². The van der Waals surface area contributed by atoms with Crippen LogP contribution < -0.4 is 0 Å². The number of halogens is 1. The average molecular weight is 174 g/mol. The predicted octanol–water partition coefficient (Wildman–Crippen LogP) is 1.89. The summed E-state index contributed by atoms with van der Waals surface area (Å²) >= 11 is 0. The maximum atomic E-state index is 13.0. The van der Waals surface area contributed by atoms with Gasteiger partial charge in [-0.3, -0.25) is 0 Å². The van der Waals surface area contributed by atoms with E-state index in [1.807, 2.05) is 0 Å². The first kappa shape index (κ1) is 9.47. The predicted molar refractivity (Wildman–Crippen MR) is 47.4 cm³/mol. The molecule has 4 heteroatoms. The van der Waals surface area contributed by atoms with Crippen molar-refractivity contribution < 1.29 is 8.91 Å². The fourth-order valence-electron chi connectivity index (χ4n) is 1.63. The second kappa shape index (κ2) is 4.42. The molecule has 1 aliphatic rings. The Morgan fingerprint density at radius 1 is 1.55 bits per heavy atom. The Hall–Kier alpha value is 0.385. The van der Waals surface area contributed by atoms with Crippen LogP contribution in [0.15, 0.2) is 0 Å². The first-order chi connectivity index (χ1) is 5.24. The summed E-state index contributed by atoms with van der Waals surface area (Å²) in [5.41, 5.74) is 0. The molecule has 0 heterocycles. The van der Waals surface area contributed by atoms with Crippen molar-refractivity contribution >= 4 is 17.3 Å². The van der Waals surface area contributed by atoms with E-state index in [-0.39, 0.29) is 11.7 Å². The van der Waals surface area contributed by atoms with E-state index in [2.05, 4.69) is 9.47 Å². The third-order valence-corrected chi connectivity index (χ3v) is 2.49. The lowest BCUT2D eigenvalue weighted by atomic mass is 9.85. The van der Waals surface area contributed by atoms with Crippen molar-refractivity contribution in [2.75, 3.05) is 6.61 Å². The van der Waals surface area contributed by atoms with E-state index >= 15 is 0 Å². The van der Waals surface area contributed by atoms with Gasteiger partial charge in [-0.15, -0.1) is 0 Å². The van der Waals surface area contributed by atoms with Crippen LogP contribution in [0.2, 0.25) is 5.82 Å². The molecule has 0 aromatic heterocycles. The quantitative estimate of drug-likeness (QED) is 0.468. The molecule has 0 aromatic rings. The number of hydrogen-bond acceptors (Lipinski definition) is 1. The SMILES string of the molecule is [B]C1CC(F)C(CCOP)C1. The largest absolute Gasteiger partial charge is 0.366 e. The van der Waals surface area contributed by atoms with Crippen molar-refractivity contribution in [3.05, 3.63) is 0 Å². The molecular weight excluding hydrogens is 161 g/mol. The highest BCUT2D eigenvalue weighted by molar-refractivity contribution is 7.09. The zero-order valence-corrected chi connectivity index (χ0v) is 7.66. The minimum absolute atomic E-state index is 0.0690. The van der Waals surface area contributed by atoms with Crippen molar-refractivity contribution in [1.29, 1.82) is 0 Å². The summed E-state index contributed by atoms with van der Waals surface area (Å²) in [6.45, 7) is 0.614. The Labute approximate surface area is 70.8 Å². The standard InChI is InChI=1S/C7H13BFOP/c8-6-3-5(1-2-10-11)7(9)4-6/h5-7H,1-4,11H2. The Balaban J connectivity index is 2.23. The van der Waals surface area contributed by atoms with Gasteiger partial charge in [-0.2, -0.15) is 0 Å². The molecule has 62 valence electrons. The summed E-state index contributed by atoms with van der Waals surface area (Å²) in [6.07, 6.45) is 1.43. The van der Waals surface area contributed by atoms with Gasteiger partial charge in [0.1, 0.15) is 6.17 Å². The van der Waals surface area contributed by atoms with Gasteiger partial charge in [-0.05, 0) is 18.8 Å². The van der Waals surface area contributed by atoms with E-state index in [9.17, 15) is 4.39 Å². The van der Waals surface area contributed by atoms with Gasteiger partial charge in [0.2, 0.25) is 0 Å². The van der Waals surface area contributed by atoms with Crippen LogP contribution in [0.5, 0.6) is 0 Å². The summed E-state index contributed by atoms with van der Waals surface area (Å²) in [5.74, 6) is 0.199. The van der Waals surface area contributed by atoms with Crippen molar-refractivity contribution in [1.82, 2.24) is 0 Å². The third-order valence-electron chi connectivity index (χ3n) is 2.25. The molecule has 4 atom stereocenters. The molecule has 11 heavy (non-hydrogen) atoms. The smallest absolute Gasteiger partial charge is 0.103 e. The molecule has 0 saturated heterocycles. The minimum atomic E-state index is -0.704. The van der Waals surface area contributed by atoms with Crippen LogP contribution in [0, 0.1) is 5.92 Å². The van der Waals surface area contributed by atoms with E-state index in [0.717, 1.165) is 12.8 Å². The maximum absolute atomic E-state index is 13.0.